The average Bonchev–Trinajstić information content (AvgIpc) is 2.61. The molecule has 5 N–H and O–H groups in total. The molecule has 0 spiro atoms. The monoisotopic (exact) mass is 323 g/mol. The lowest BCUT2D eigenvalue weighted by Crippen LogP contribution is -2.27. The van der Waals surface area contributed by atoms with E-state index in [-0.39, 0.29) is 0 Å². The van der Waals surface area contributed by atoms with Crippen LogP contribution in [0.2, 0.25) is 0 Å². The van der Waals surface area contributed by atoms with Gasteiger partial charge in [0, 0.05) is 0 Å². The largest absolute Gasteiger partial charge is 0.444 e. The molecule has 0 saturated heterocycles. The zero-order valence-electron chi connectivity index (χ0n) is 12.2. The predicted octanol–water partition coefficient (Wildman–Crippen LogP) is 1.23. The Hall–Kier alpha value is -1.03. The molecule has 1 rings (SSSR count). The van der Waals surface area contributed by atoms with E-state index in [9.17, 15) is 14.1 Å². The van der Waals surface area contributed by atoms with Crippen LogP contribution >= 0.6 is 11.3 Å². The summed E-state index contributed by atoms with van der Waals surface area (Å²) >= 11 is 1.16. The molecule has 1 aromatic rings. The lowest BCUT2D eigenvalue weighted by atomic mass is 10.2. The van der Waals surface area contributed by atoms with E-state index in [2.05, 4.69) is 9.72 Å². The van der Waals surface area contributed by atoms with Crippen molar-refractivity contribution >= 4 is 28.4 Å². The van der Waals surface area contributed by atoms with E-state index in [1.54, 1.807) is 34.6 Å². The van der Waals surface area contributed by atoms with Crippen molar-refractivity contribution in [1.29, 1.82) is 0 Å². The topological polar surface area (TPSA) is 129 Å². The SMILES string of the molecule is CC(C)(C)OC(N)=O.CC(C)(O)c1ncc(S(N)=O)s1. The van der Waals surface area contributed by atoms with Gasteiger partial charge in [-0.15, -0.1) is 11.3 Å². The van der Waals surface area contributed by atoms with Crippen molar-refractivity contribution in [3.63, 3.8) is 0 Å². The highest BCUT2D eigenvalue weighted by molar-refractivity contribution is 7.85. The van der Waals surface area contributed by atoms with E-state index in [4.69, 9.17) is 10.9 Å². The van der Waals surface area contributed by atoms with Crippen LogP contribution in [0.25, 0.3) is 0 Å². The summed E-state index contributed by atoms with van der Waals surface area (Å²) in [7, 11) is -1.50. The molecule has 9 heteroatoms. The molecule has 1 unspecified atom stereocenters. The van der Waals surface area contributed by atoms with E-state index in [1.807, 2.05) is 0 Å². The molecule has 1 amide bonds. The van der Waals surface area contributed by atoms with Crippen molar-refractivity contribution in [3.05, 3.63) is 11.2 Å². The molecule has 0 aliphatic rings. The number of aromatic nitrogens is 1. The fraction of sp³-hybridized carbons (Fsp3) is 0.636. The smallest absolute Gasteiger partial charge is 0.405 e. The first kappa shape index (κ1) is 19.0. The summed E-state index contributed by atoms with van der Waals surface area (Å²) in [5.41, 5.74) is 3.28. The normalized spacial score (nSPS) is 13.2. The molecule has 0 aliphatic heterocycles. The highest BCUT2D eigenvalue weighted by Crippen LogP contribution is 2.25. The summed E-state index contributed by atoms with van der Waals surface area (Å²) in [5, 5.41) is 15.1. The molecular formula is C11H21N3O4S2. The number of carbonyl (C=O) groups is 1. The van der Waals surface area contributed by atoms with Gasteiger partial charge in [-0.1, -0.05) is 0 Å². The Morgan fingerprint density at radius 3 is 2.05 bits per heavy atom. The van der Waals surface area contributed by atoms with Gasteiger partial charge in [-0.3, -0.25) is 0 Å². The van der Waals surface area contributed by atoms with E-state index >= 15 is 0 Å². The second-order valence-corrected chi connectivity index (χ2v) is 7.70. The molecule has 1 atom stereocenters. The predicted molar refractivity (Wildman–Crippen MR) is 78.4 cm³/mol. The fourth-order valence-electron chi connectivity index (χ4n) is 0.937. The Morgan fingerprint density at radius 1 is 1.40 bits per heavy atom. The summed E-state index contributed by atoms with van der Waals surface area (Å²) in [4.78, 5) is 13.9. The minimum atomic E-state index is -1.50. The summed E-state index contributed by atoms with van der Waals surface area (Å²) < 4.78 is 15.8. The van der Waals surface area contributed by atoms with Crippen LogP contribution in [-0.2, 0) is 21.3 Å². The zero-order valence-corrected chi connectivity index (χ0v) is 13.8. The van der Waals surface area contributed by atoms with E-state index in [0.717, 1.165) is 11.3 Å². The molecule has 7 nitrogen and oxygen atoms in total. The number of ether oxygens (including phenoxy) is 1. The molecule has 0 aromatic carbocycles. The van der Waals surface area contributed by atoms with Gasteiger partial charge in [0.15, 0.2) is 0 Å². The first-order valence-corrected chi connectivity index (χ1v) is 7.69. The Labute approximate surface area is 124 Å². The molecule has 1 heterocycles. The number of nitrogens with zero attached hydrogens (tertiary/aromatic N) is 1. The minimum Gasteiger partial charge on any atom is -0.444 e. The van der Waals surface area contributed by atoms with Crippen molar-refractivity contribution in [1.82, 2.24) is 4.98 Å². The lowest BCUT2D eigenvalue weighted by Gasteiger charge is -2.16. The maximum atomic E-state index is 10.8. The first-order valence-electron chi connectivity index (χ1n) is 5.66. The summed E-state index contributed by atoms with van der Waals surface area (Å²) in [5.74, 6) is 0. The van der Waals surface area contributed by atoms with Crippen LogP contribution in [-0.4, -0.2) is 26.0 Å². The Bertz CT molecular complexity index is 475. The Balaban J connectivity index is 0.000000396. The number of thiazole rings is 1. The fourth-order valence-corrected chi connectivity index (χ4v) is 2.31. The van der Waals surface area contributed by atoms with Gasteiger partial charge in [-0.25, -0.2) is 19.1 Å². The molecular weight excluding hydrogens is 302 g/mol. The number of carbonyl (C=O) groups excluding carboxylic acids is 1. The number of hydrogen-bond acceptors (Lipinski definition) is 6. The van der Waals surface area contributed by atoms with Crippen LogP contribution < -0.4 is 10.9 Å². The number of amides is 1. The molecule has 20 heavy (non-hydrogen) atoms. The van der Waals surface area contributed by atoms with Crippen molar-refractivity contribution in [2.45, 2.75) is 50.0 Å². The van der Waals surface area contributed by atoms with Crippen molar-refractivity contribution in [2.24, 2.45) is 10.9 Å². The van der Waals surface area contributed by atoms with Gasteiger partial charge in [0.2, 0.25) is 0 Å². The van der Waals surface area contributed by atoms with Crippen molar-refractivity contribution in [2.75, 3.05) is 0 Å². The average molecular weight is 323 g/mol. The molecule has 0 bridgehead atoms. The second-order valence-electron chi connectivity index (χ2n) is 5.37. The molecule has 0 saturated carbocycles. The third-order valence-electron chi connectivity index (χ3n) is 1.61. The zero-order chi connectivity index (χ0) is 16.1. The van der Waals surface area contributed by atoms with Crippen LogP contribution in [0.5, 0.6) is 0 Å². The molecule has 0 aliphatic carbocycles. The standard InChI is InChI=1S/C6H10N2O2S2.C5H11NO2/c1-6(2,9)5-8-3-4(11-5)12(7)10;1-5(2,3)8-4(6)7/h3,9H,7H2,1-2H3;1-3H3,(H2,6,7). The number of rotatable bonds is 2. The third-order valence-corrected chi connectivity index (χ3v) is 3.96. The van der Waals surface area contributed by atoms with Crippen LogP contribution in [0.4, 0.5) is 4.79 Å². The molecule has 0 fully saturated rings. The molecule has 0 radical (unpaired) electrons. The van der Waals surface area contributed by atoms with Crippen LogP contribution in [0.1, 0.15) is 39.6 Å². The quantitative estimate of drug-likeness (QED) is 0.754. The number of primary amides is 1. The summed E-state index contributed by atoms with van der Waals surface area (Å²) in [6, 6.07) is 0. The summed E-state index contributed by atoms with van der Waals surface area (Å²) in [6.45, 7) is 8.53. The maximum absolute atomic E-state index is 10.8. The highest BCUT2D eigenvalue weighted by Gasteiger charge is 2.21. The third kappa shape index (κ3) is 8.20. The lowest BCUT2D eigenvalue weighted by molar-refractivity contribution is 0.0599. The van der Waals surface area contributed by atoms with Gasteiger partial charge in [0.05, 0.1) is 6.20 Å². The van der Waals surface area contributed by atoms with Gasteiger partial charge in [0.1, 0.15) is 31.4 Å². The summed E-state index contributed by atoms with van der Waals surface area (Å²) in [6.07, 6.45) is 0.700. The maximum Gasteiger partial charge on any atom is 0.405 e. The van der Waals surface area contributed by atoms with Gasteiger partial charge in [-0.2, -0.15) is 0 Å². The highest BCUT2D eigenvalue weighted by atomic mass is 32.2. The Kier molecular flexibility index (Phi) is 6.75. The van der Waals surface area contributed by atoms with Crippen molar-refractivity contribution < 1.29 is 18.8 Å². The number of nitrogens with two attached hydrogens (primary N) is 2. The van der Waals surface area contributed by atoms with Crippen molar-refractivity contribution in [3.8, 4) is 0 Å². The van der Waals surface area contributed by atoms with Crippen LogP contribution in [0, 0.1) is 0 Å². The van der Waals surface area contributed by atoms with E-state index in [1.165, 1.54) is 6.20 Å². The van der Waals surface area contributed by atoms with Gasteiger partial charge >= 0.3 is 6.09 Å². The first-order chi connectivity index (χ1) is 8.83. The Morgan fingerprint density at radius 2 is 1.90 bits per heavy atom. The second kappa shape index (κ2) is 7.11. The molecule has 1 aromatic heterocycles. The van der Waals surface area contributed by atoms with Gasteiger partial charge < -0.3 is 15.6 Å². The van der Waals surface area contributed by atoms with E-state index in [0.29, 0.717) is 9.22 Å². The van der Waals surface area contributed by atoms with Crippen LogP contribution in [0.3, 0.4) is 0 Å². The number of aliphatic hydroxyl groups is 1. The van der Waals surface area contributed by atoms with E-state index < -0.39 is 28.3 Å². The number of hydrogen-bond donors (Lipinski definition) is 3. The van der Waals surface area contributed by atoms with Gasteiger partial charge in [0.25, 0.3) is 0 Å². The minimum absolute atomic E-state index is 0.453. The van der Waals surface area contributed by atoms with Crippen LogP contribution in [0.15, 0.2) is 10.4 Å². The molecule has 116 valence electrons. The van der Waals surface area contributed by atoms with Gasteiger partial charge in [-0.05, 0) is 34.6 Å².